The Labute approximate surface area is 135 Å². The highest BCUT2D eigenvalue weighted by molar-refractivity contribution is 5.98. The van der Waals surface area contributed by atoms with Crippen molar-refractivity contribution in [1.29, 1.82) is 0 Å². The van der Waals surface area contributed by atoms with Crippen LogP contribution in [0, 0.1) is 0 Å². The van der Waals surface area contributed by atoms with Crippen LogP contribution in [0.25, 0.3) is 16.9 Å². The van der Waals surface area contributed by atoms with Gasteiger partial charge in [0.05, 0.1) is 23.6 Å². The Morgan fingerprint density at radius 3 is 2.71 bits per heavy atom. The van der Waals surface area contributed by atoms with Crippen LogP contribution in [0.1, 0.15) is 23.0 Å². The molecule has 124 valence electrons. The lowest BCUT2D eigenvalue weighted by Crippen LogP contribution is -2.10. The Morgan fingerprint density at radius 1 is 1.21 bits per heavy atom. The first kappa shape index (κ1) is 16.0. The molecule has 0 unspecified atom stereocenters. The molecule has 0 aliphatic carbocycles. The summed E-state index contributed by atoms with van der Waals surface area (Å²) in [6.45, 7) is 1.83. The van der Waals surface area contributed by atoms with E-state index in [0.717, 1.165) is 6.07 Å². The van der Waals surface area contributed by atoms with Gasteiger partial charge in [0.15, 0.2) is 0 Å². The smallest absolute Gasteiger partial charge is 0.433 e. The SMILES string of the molecule is CCOC(=O)c1cc2ccccn2c1-c1cccc(C(F)(F)F)n1. The Kier molecular flexibility index (Phi) is 4.01. The zero-order valence-corrected chi connectivity index (χ0v) is 12.7. The molecule has 3 aromatic rings. The minimum Gasteiger partial charge on any atom is -0.462 e. The van der Waals surface area contributed by atoms with E-state index in [2.05, 4.69) is 4.98 Å². The highest BCUT2D eigenvalue weighted by Crippen LogP contribution is 2.32. The number of halogens is 3. The van der Waals surface area contributed by atoms with Gasteiger partial charge in [0.2, 0.25) is 0 Å². The number of ether oxygens (including phenoxy) is 1. The lowest BCUT2D eigenvalue weighted by molar-refractivity contribution is -0.141. The Morgan fingerprint density at radius 2 is 2.00 bits per heavy atom. The van der Waals surface area contributed by atoms with Crippen molar-refractivity contribution < 1.29 is 22.7 Å². The van der Waals surface area contributed by atoms with E-state index in [-0.39, 0.29) is 23.6 Å². The normalized spacial score (nSPS) is 11.7. The summed E-state index contributed by atoms with van der Waals surface area (Å²) in [5.74, 6) is -0.601. The van der Waals surface area contributed by atoms with Gasteiger partial charge in [-0.3, -0.25) is 0 Å². The van der Waals surface area contributed by atoms with Crippen LogP contribution in [0.2, 0.25) is 0 Å². The van der Waals surface area contributed by atoms with Gasteiger partial charge in [-0.25, -0.2) is 9.78 Å². The number of hydrogen-bond donors (Lipinski definition) is 0. The number of alkyl halides is 3. The molecule has 0 aliphatic heterocycles. The van der Waals surface area contributed by atoms with Crippen molar-refractivity contribution in [3.63, 3.8) is 0 Å². The van der Waals surface area contributed by atoms with E-state index >= 15 is 0 Å². The van der Waals surface area contributed by atoms with E-state index in [1.807, 2.05) is 0 Å². The van der Waals surface area contributed by atoms with E-state index in [0.29, 0.717) is 5.52 Å². The first-order chi connectivity index (χ1) is 11.4. The summed E-state index contributed by atoms with van der Waals surface area (Å²) in [7, 11) is 0. The van der Waals surface area contributed by atoms with Gasteiger partial charge in [-0.1, -0.05) is 12.1 Å². The van der Waals surface area contributed by atoms with Crippen molar-refractivity contribution in [3.8, 4) is 11.4 Å². The van der Waals surface area contributed by atoms with Gasteiger partial charge in [0, 0.05) is 11.7 Å². The lowest BCUT2D eigenvalue weighted by Gasteiger charge is -2.09. The fourth-order valence-corrected chi connectivity index (χ4v) is 2.47. The molecule has 0 aromatic carbocycles. The van der Waals surface area contributed by atoms with Crippen LogP contribution in [0.5, 0.6) is 0 Å². The third-order valence-electron chi connectivity index (χ3n) is 3.46. The van der Waals surface area contributed by atoms with Crippen LogP contribution in [-0.4, -0.2) is 22.0 Å². The van der Waals surface area contributed by atoms with Gasteiger partial charge < -0.3 is 9.14 Å². The molecule has 0 bridgehead atoms. The summed E-state index contributed by atoms with van der Waals surface area (Å²) in [5.41, 5.74) is 0.152. The number of carbonyl (C=O) groups is 1. The monoisotopic (exact) mass is 334 g/mol. The van der Waals surface area contributed by atoms with E-state index in [9.17, 15) is 18.0 Å². The Hall–Kier alpha value is -2.83. The number of esters is 1. The molecule has 4 nitrogen and oxygen atoms in total. The van der Waals surface area contributed by atoms with Crippen LogP contribution in [0.15, 0.2) is 48.7 Å². The molecule has 3 aromatic heterocycles. The number of fused-ring (bicyclic) bond motifs is 1. The largest absolute Gasteiger partial charge is 0.462 e. The zero-order valence-electron chi connectivity index (χ0n) is 12.7. The second kappa shape index (κ2) is 5.99. The summed E-state index contributed by atoms with van der Waals surface area (Å²) >= 11 is 0. The van der Waals surface area contributed by atoms with Crippen LogP contribution in [0.3, 0.4) is 0 Å². The fourth-order valence-electron chi connectivity index (χ4n) is 2.47. The standard InChI is InChI=1S/C17H13F3N2O2/c1-2-24-16(23)12-10-11-6-3-4-9-22(11)15(12)13-7-5-8-14(21-13)17(18,19)20/h3-10H,2H2,1H3. The van der Waals surface area contributed by atoms with Gasteiger partial charge in [0.1, 0.15) is 5.69 Å². The van der Waals surface area contributed by atoms with Crippen molar-refractivity contribution in [1.82, 2.24) is 9.38 Å². The maximum absolute atomic E-state index is 12.9. The summed E-state index contributed by atoms with van der Waals surface area (Å²) in [6.07, 6.45) is -2.90. The molecule has 3 heterocycles. The van der Waals surface area contributed by atoms with Crippen molar-refractivity contribution >= 4 is 11.5 Å². The maximum Gasteiger partial charge on any atom is 0.433 e. The van der Waals surface area contributed by atoms with Crippen LogP contribution in [-0.2, 0) is 10.9 Å². The molecule has 7 heteroatoms. The number of hydrogen-bond acceptors (Lipinski definition) is 3. The molecule has 3 rings (SSSR count). The number of carbonyl (C=O) groups excluding carboxylic acids is 1. The Balaban J connectivity index is 2.25. The van der Waals surface area contributed by atoms with Crippen molar-refractivity contribution in [2.24, 2.45) is 0 Å². The third kappa shape index (κ3) is 2.84. The number of pyridine rings is 2. The molecule has 24 heavy (non-hydrogen) atoms. The minimum atomic E-state index is -4.56. The number of rotatable bonds is 3. The summed E-state index contributed by atoms with van der Waals surface area (Å²) in [5, 5.41) is 0. The predicted octanol–water partition coefficient (Wildman–Crippen LogP) is 4.20. The molecule has 0 spiro atoms. The first-order valence-corrected chi connectivity index (χ1v) is 7.23. The van der Waals surface area contributed by atoms with Crippen molar-refractivity contribution in [2.45, 2.75) is 13.1 Å². The predicted molar refractivity (Wildman–Crippen MR) is 81.6 cm³/mol. The number of aromatic nitrogens is 2. The molecule has 0 N–H and O–H groups in total. The maximum atomic E-state index is 12.9. The van der Waals surface area contributed by atoms with Crippen molar-refractivity contribution in [2.75, 3.05) is 6.61 Å². The lowest BCUT2D eigenvalue weighted by atomic mass is 10.1. The van der Waals surface area contributed by atoms with Gasteiger partial charge in [-0.2, -0.15) is 13.2 Å². The molecule has 0 saturated heterocycles. The molecular formula is C17H13F3N2O2. The molecular weight excluding hydrogens is 321 g/mol. The average molecular weight is 334 g/mol. The molecule has 0 radical (unpaired) electrons. The van der Waals surface area contributed by atoms with Gasteiger partial charge in [-0.05, 0) is 37.3 Å². The zero-order chi connectivity index (χ0) is 17.3. The van der Waals surface area contributed by atoms with Gasteiger partial charge in [-0.15, -0.1) is 0 Å². The highest BCUT2D eigenvalue weighted by atomic mass is 19.4. The quantitative estimate of drug-likeness (QED) is 0.674. The summed E-state index contributed by atoms with van der Waals surface area (Å²) < 4.78 is 45.5. The van der Waals surface area contributed by atoms with Gasteiger partial charge in [0.25, 0.3) is 0 Å². The van der Waals surface area contributed by atoms with E-state index in [1.165, 1.54) is 12.1 Å². The second-order valence-electron chi connectivity index (χ2n) is 5.03. The Bertz CT molecular complexity index is 900. The van der Waals surface area contributed by atoms with Gasteiger partial charge >= 0.3 is 12.1 Å². The topological polar surface area (TPSA) is 43.6 Å². The minimum absolute atomic E-state index is 0.0547. The second-order valence-corrected chi connectivity index (χ2v) is 5.03. The summed E-state index contributed by atoms with van der Waals surface area (Å²) in [6, 6.07) is 10.4. The van der Waals surface area contributed by atoms with Crippen LogP contribution >= 0.6 is 0 Å². The van der Waals surface area contributed by atoms with Crippen LogP contribution in [0.4, 0.5) is 13.2 Å². The molecule has 0 aliphatic rings. The third-order valence-corrected chi connectivity index (χ3v) is 3.46. The fraction of sp³-hybridized carbons (Fsp3) is 0.176. The average Bonchev–Trinajstić information content (AvgIpc) is 2.94. The highest BCUT2D eigenvalue weighted by Gasteiger charge is 2.33. The molecule has 0 fully saturated rings. The van der Waals surface area contributed by atoms with Crippen LogP contribution < -0.4 is 0 Å². The van der Waals surface area contributed by atoms with E-state index < -0.39 is 17.8 Å². The molecule has 0 saturated carbocycles. The number of nitrogens with zero attached hydrogens (tertiary/aromatic N) is 2. The molecule has 0 atom stereocenters. The van der Waals surface area contributed by atoms with Crippen molar-refractivity contribution in [3.05, 3.63) is 59.9 Å². The summed E-state index contributed by atoms with van der Waals surface area (Å²) in [4.78, 5) is 15.9. The van der Waals surface area contributed by atoms with E-state index in [4.69, 9.17) is 4.74 Å². The molecule has 0 amide bonds. The first-order valence-electron chi connectivity index (χ1n) is 7.23. The van der Waals surface area contributed by atoms with E-state index in [1.54, 1.807) is 41.8 Å².